The maximum absolute atomic E-state index is 11.9. The molecule has 2 rings (SSSR count). The molecule has 4 nitrogen and oxygen atoms in total. The van der Waals surface area contributed by atoms with Crippen molar-refractivity contribution in [3.05, 3.63) is 30.1 Å². The number of hydrogen-bond donors (Lipinski definition) is 2. The Hall–Kier alpha value is -1.42. The van der Waals surface area contributed by atoms with Crippen molar-refractivity contribution in [2.45, 2.75) is 37.6 Å². The van der Waals surface area contributed by atoms with Crippen molar-refractivity contribution in [2.24, 2.45) is 0 Å². The lowest BCUT2D eigenvalue weighted by Gasteiger charge is -2.27. The van der Waals surface area contributed by atoms with Crippen molar-refractivity contribution < 1.29 is 9.90 Å². The van der Waals surface area contributed by atoms with Crippen molar-refractivity contribution in [1.29, 1.82) is 0 Å². The van der Waals surface area contributed by atoms with Crippen LogP contribution >= 0.6 is 0 Å². The highest BCUT2D eigenvalue weighted by molar-refractivity contribution is 5.79. The van der Waals surface area contributed by atoms with E-state index in [-0.39, 0.29) is 18.1 Å². The van der Waals surface area contributed by atoms with E-state index in [2.05, 4.69) is 10.3 Å². The number of rotatable bonds is 4. The summed E-state index contributed by atoms with van der Waals surface area (Å²) >= 11 is 0. The molecule has 0 atom stereocenters. The van der Waals surface area contributed by atoms with E-state index >= 15 is 0 Å². The number of aromatic nitrogens is 1. The largest absolute Gasteiger partial charge is 0.394 e. The molecule has 4 heteroatoms. The summed E-state index contributed by atoms with van der Waals surface area (Å²) in [5.74, 6) is -0.0334. The third-order valence-electron chi connectivity index (χ3n) is 3.36. The molecule has 1 amide bonds. The molecule has 1 heterocycles. The predicted molar refractivity (Wildman–Crippen MR) is 64.4 cm³/mol. The van der Waals surface area contributed by atoms with E-state index in [9.17, 15) is 9.90 Å². The Labute approximate surface area is 101 Å². The maximum atomic E-state index is 11.9. The normalized spacial score (nSPS) is 17.9. The van der Waals surface area contributed by atoms with E-state index in [1.165, 1.54) is 0 Å². The van der Waals surface area contributed by atoms with Crippen LogP contribution in [0, 0.1) is 0 Å². The fraction of sp³-hybridized carbons (Fsp3) is 0.538. The van der Waals surface area contributed by atoms with Gasteiger partial charge in [-0.15, -0.1) is 0 Å². The minimum absolute atomic E-state index is 0.0334. The average molecular weight is 234 g/mol. The number of amides is 1. The molecule has 1 aliphatic carbocycles. The second kappa shape index (κ2) is 5.27. The smallest absolute Gasteiger partial charge is 0.224 e. The first-order chi connectivity index (χ1) is 8.24. The molecular weight excluding hydrogens is 216 g/mol. The van der Waals surface area contributed by atoms with E-state index < -0.39 is 0 Å². The lowest BCUT2D eigenvalue weighted by atomic mass is 9.98. The van der Waals surface area contributed by atoms with Crippen molar-refractivity contribution in [2.75, 3.05) is 6.61 Å². The molecule has 0 aliphatic heterocycles. The van der Waals surface area contributed by atoms with E-state index in [1.54, 1.807) is 12.4 Å². The minimum atomic E-state index is -0.376. The summed E-state index contributed by atoms with van der Waals surface area (Å²) in [4.78, 5) is 15.9. The highest BCUT2D eigenvalue weighted by Crippen LogP contribution is 2.29. The maximum Gasteiger partial charge on any atom is 0.224 e. The Bertz CT molecular complexity index is 372. The zero-order valence-electron chi connectivity index (χ0n) is 9.85. The first-order valence-corrected chi connectivity index (χ1v) is 6.05. The van der Waals surface area contributed by atoms with Crippen molar-refractivity contribution in [3.63, 3.8) is 0 Å². The highest BCUT2D eigenvalue weighted by Gasteiger charge is 2.34. The Morgan fingerprint density at radius 2 is 2.24 bits per heavy atom. The SMILES string of the molecule is O=C(Cc1cccnc1)NC1(CO)CCCC1. The van der Waals surface area contributed by atoms with Crippen LogP contribution in [0.15, 0.2) is 24.5 Å². The van der Waals surface area contributed by atoms with Gasteiger partial charge in [0.2, 0.25) is 5.91 Å². The lowest BCUT2D eigenvalue weighted by molar-refractivity contribution is -0.122. The van der Waals surface area contributed by atoms with Gasteiger partial charge in [0.15, 0.2) is 0 Å². The fourth-order valence-electron chi connectivity index (χ4n) is 2.40. The predicted octanol–water partition coefficient (Wildman–Crippen LogP) is 1.05. The lowest BCUT2D eigenvalue weighted by Crippen LogP contribution is -2.49. The molecule has 17 heavy (non-hydrogen) atoms. The minimum Gasteiger partial charge on any atom is -0.394 e. The van der Waals surface area contributed by atoms with Crippen LogP contribution in [0.3, 0.4) is 0 Å². The van der Waals surface area contributed by atoms with Crippen LogP contribution < -0.4 is 5.32 Å². The monoisotopic (exact) mass is 234 g/mol. The molecule has 92 valence electrons. The highest BCUT2D eigenvalue weighted by atomic mass is 16.3. The summed E-state index contributed by atoms with van der Waals surface area (Å²) < 4.78 is 0. The summed E-state index contributed by atoms with van der Waals surface area (Å²) in [6, 6.07) is 3.70. The quantitative estimate of drug-likeness (QED) is 0.818. The van der Waals surface area contributed by atoms with Crippen LogP contribution in [0.5, 0.6) is 0 Å². The van der Waals surface area contributed by atoms with Crippen molar-refractivity contribution in [3.8, 4) is 0 Å². The number of nitrogens with zero attached hydrogens (tertiary/aromatic N) is 1. The standard InChI is InChI=1S/C13H18N2O2/c16-10-13(5-1-2-6-13)15-12(17)8-11-4-3-7-14-9-11/h3-4,7,9,16H,1-2,5-6,8,10H2,(H,15,17). The zero-order chi connectivity index (χ0) is 12.1. The summed E-state index contributed by atoms with van der Waals surface area (Å²) in [6.45, 7) is 0.0335. The molecule has 2 N–H and O–H groups in total. The fourth-order valence-corrected chi connectivity index (χ4v) is 2.40. The van der Waals surface area contributed by atoms with Gasteiger partial charge in [0.25, 0.3) is 0 Å². The zero-order valence-corrected chi connectivity index (χ0v) is 9.85. The molecule has 0 unspecified atom stereocenters. The number of carbonyl (C=O) groups is 1. The molecule has 1 fully saturated rings. The number of carbonyl (C=O) groups excluding carboxylic acids is 1. The van der Waals surface area contributed by atoms with Gasteiger partial charge in [-0.25, -0.2) is 0 Å². The Kier molecular flexibility index (Phi) is 3.74. The first-order valence-electron chi connectivity index (χ1n) is 6.05. The van der Waals surface area contributed by atoms with E-state index in [4.69, 9.17) is 0 Å². The molecule has 0 aromatic carbocycles. The summed E-state index contributed by atoms with van der Waals surface area (Å²) in [5, 5.41) is 12.4. The van der Waals surface area contributed by atoms with E-state index in [1.807, 2.05) is 12.1 Å². The number of pyridine rings is 1. The van der Waals surface area contributed by atoms with Gasteiger partial charge in [-0.05, 0) is 24.5 Å². The van der Waals surface area contributed by atoms with Gasteiger partial charge in [0.05, 0.1) is 18.6 Å². The van der Waals surface area contributed by atoms with Crippen LogP contribution in [-0.4, -0.2) is 28.1 Å². The molecule has 0 bridgehead atoms. The van der Waals surface area contributed by atoms with Gasteiger partial charge in [0.1, 0.15) is 0 Å². The number of aliphatic hydroxyl groups excluding tert-OH is 1. The van der Waals surface area contributed by atoms with Crippen LogP contribution in [0.2, 0.25) is 0 Å². The Morgan fingerprint density at radius 3 is 2.82 bits per heavy atom. The number of aliphatic hydroxyl groups is 1. The molecule has 1 saturated carbocycles. The molecule has 0 spiro atoms. The van der Waals surface area contributed by atoms with Gasteiger partial charge in [-0.1, -0.05) is 18.9 Å². The van der Waals surface area contributed by atoms with Crippen molar-refractivity contribution >= 4 is 5.91 Å². The Balaban J connectivity index is 1.93. The summed E-state index contributed by atoms with van der Waals surface area (Å²) in [5.41, 5.74) is 0.523. The van der Waals surface area contributed by atoms with Crippen molar-refractivity contribution in [1.82, 2.24) is 10.3 Å². The van der Waals surface area contributed by atoms with Crippen LogP contribution in [0.1, 0.15) is 31.2 Å². The number of hydrogen-bond acceptors (Lipinski definition) is 3. The second-order valence-electron chi connectivity index (χ2n) is 4.73. The van der Waals surface area contributed by atoms with Crippen LogP contribution in [0.4, 0.5) is 0 Å². The topological polar surface area (TPSA) is 62.2 Å². The third kappa shape index (κ3) is 3.03. The van der Waals surface area contributed by atoms with Gasteiger partial charge < -0.3 is 10.4 Å². The average Bonchev–Trinajstić information content (AvgIpc) is 2.79. The van der Waals surface area contributed by atoms with E-state index in [0.717, 1.165) is 31.2 Å². The Morgan fingerprint density at radius 1 is 1.47 bits per heavy atom. The molecule has 1 aliphatic rings. The molecule has 0 saturated heterocycles. The molecular formula is C13H18N2O2. The number of nitrogens with one attached hydrogen (secondary N) is 1. The molecule has 1 aromatic heterocycles. The van der Waals surface area contributed by atoms with Crippen LogP contribution in [0.25, 0.3) is 0 Å². The van der Waals surface area contributed by atoms with Crippen LogP contribution in [-0.2, 0) is 11.2 Å². The van der Waals surface area contributed by atoms with E-state index in [0.29, 0.717) is 6.42 Å². The second-order valence-corrected chi connectivity index (χ2v) is 4.73. The van der Waals surface area contributed by atoms with Gasteiger partial charge in [-0.2, -0.15) is 0 Å². The third-order valence-corrected chi connectivity index (χ3v) is 3.36. The van der Waals surface area contributed by atoms with Gasteiger partial charge in [0, 0.05) is 12.4 Å². The van der Waals surface area contributed by atoms with Gasteiger partial charge >= 0.3 is 0 Å². The summed E-state index contributed by atoms with van der Waals surface area (Å²) in [6.07, 6.45) is 7.62. The molecule has 1 aromatic rings. The van der Waals surface area contributed by atoms with Gasteiger partial charge in [-0.3, -0.25) is 9.78 Å². The first kappa shape index (κ1) is 12.0. The summed E-state index contributed by atoms with van der Waals surface area (Å²) in [7, 11) is 0. The molecule has 0 radical (unpaired) electrons.